The van der Waals surface area contributed by atoms with Gasteiger partial charge in [0.05, 0.1) is 6.20 Å². The van der Waals surface area contributed by atoms with Gasteiger partial charge in [0.2, 0.25) is 5.89 Å². The summed E-state index contributed by atoms with van der Waals surface area (Å²) >= 11 is 0. The highest BCUT2D eigenvalue weighted by atomic mass is 16.5. The minimum Gasteiger partial charge on any atom is -0.368 e. The molecule has 3 heterocycles. The molecule has 0 saturated carbocycles. The molecule has 146 valence electrons. The van der Waals surface area contributed by atoms with Crippen LogP contribution < -0.4 is 4.90 Å². The zero-order chi connectivity index (χ0) is 19.5. The fourth-order valence-corrected chi connectivity index (χ4v) is 3.52. The summed E-state index contributed by atoms with van der Waals surface area (Å²) in [5.41, 5.74) is 1.53. The first kappa shape index (κ1) is 18.1. The van der Waals surface area contributed by atoms with Gasteiger partial charge in [0.1, 0.15) is 6.54 Å². The maximum Gasteiger partial charge on any atom is 0.276 e. The largest absolute Gasteiger partial charge is 0.368 e. The lowest BCUT2D eigenvalue weighted by Gasteiger charge is -2.42. The maximum atomic E-state index is 13.0. The highest BCUT2D eigenvalue weighted by molar-refractivity contribution is 5.92. The van der Waals surface area contributed by atoms with Gasteiger partial charge in [-0.05, 0) is 18.6 Å². The zero-order valence-corrected chi connectivity index (χ0v) is 16.0. The monoisotopic (exact) mass is 381 g/mol. The first-order valence-electron chi connectivity index (χ1n) is 9.44. The molecule has 0 spiro atoms. The Morgan fingerprint density at radius 3 is 2.79 bits per heavy atom. The fraction of sp³-hybridized carbons (Fsp3) is 0.421. The van der Waals surface area contributed by atoms with Crippen molar-refractivity contribution < 1.29 is 9.32 Å². The molecule has 1 fully saturated rings. The number of hydrogen-bond donors (Lipinski definition) is 0. The van der Waals surface area contributed by atoms with Crippen LogP contribution in [0.3, 0.4) is 0 Å². The quantitative estimate of drug-likeness (QED) is 0.665. The Hall–Kier alpha value is -3.23. The van der Waals surface area contributed by atoms with E-state index in [4.69, 9.17) is 4.52 Å². The van der Waals surface area contributed by atoms with Gasteiger partial charge in [0.15, 0.2) is 11.5 Å². The van der Waals surface area contributed by atoms with E-state index in [9.17, 15) is 4.79 Å². The molecule has 0 radical (unpaired) electrons. The highest BCUT2D eigenvalue weighted by Crippen LogP contribution is 2.21. The van der Waals surface area contributed by atoms with Gasteiger partial charge >= 0.3 is 0 Å². The molecule has 28 heavy (non-hydrogen) atoms. The summed E-state index contributed by atoms with van der Waals surface area (Å²) in [6.07, 6.45) is 2.52. The molecule has 0 aliphatic carbocycles. The number of amides is 1. The summed E-state index contributed by atoms with van der Waals surface area (Å²) < 4.78 is 6.51. The predicted octanol–water partition coefficient (Wildman–Crippen LogP) is 1.76. The molecule has 1 aliphatic heterocycles. The van der Waals surface area contributed by atoms with Crippen molar-refractivity contribution in [3.8, 4) is 0 Å². The maximum absolute atomic E-state index is 13.0. The number of hydrogen-bond acceptors (Lipinski definition) is 7. The van der Waals surface area contributed by atoms with Crippen molar-refractivity contribution in [2.24, 2.45) is 0 Å². The van der Waals surface area contributed by atoms with Crippen molar-refractivity contribution in [1.82, 2.24) is 30.0 Å². The van der Waals surface area contributed by atoms with Crippen LogP contribution in [0.4, 0.5) is 5.69 Å². The lowest BCUT2D eigenvalue weighted by Crippen LogP contribution is -2.55. The Morgan fingerprint density at radius 1 is 1.25 bits per heavy atom. The Bertz CT molecular complexity index is 937. The van der Waals surface area contributed by atoms with Crippen LogP contribution >= 0.6 is 0 Å². The Kier molecular flexibility index (Phi) is 5.05. The molecule has 1 aliphatic rings. The number of piperazine rings is 1. The first-order chi connectivity index (χ1) is 13.6. The van der Waals surface area contributed by atoms with E-state index in [0.717, 1.165) is 19.5 Å². The van der Waals surface area contributed by atoms with Gasteiger partial charge in [0.25, 0.3) is 5.91 Å². The third-order valence-electron chi connectivity index (χ3n) is 4.97. The summed E-state index contributed by atoms with van der Waals surface area (Å²) in [5, 5.41) is 11.9. The second-order valence-corrected chi connectivity index (χ2v) is 6.87. The molecule has 0 N–H and O–H groups in total. The van der Waals surface area contributed by atoms with E-state index in [1.54, 1.807) is 17.8 Å². The van der Waals surface area contributed by atoms with Gasteiger partial charge in [-0.3, -0.25) is 4.79 Å². The smallest absolute Gasteiger partial charge is 0.276 e. The first-order valence-corrected chi connectivity index (χ1v) is 9.44. The molecule has 3 aromatic rings. The van der Waals surface area contributed by atoms with Gasteiger partial charge in [-0.1, -0.05) is 35.5 Å². The van der Waals surface area contributed by atoms with Crippen molar-refractivity contribution in [2.45, 2.75) is 32.9 Å². The second kappa shape index (κ2) is 7.79. The number of anilines is 1. The molecule has 1 aromatic carbocycles. The van der Waals surface area contributed by atoms with Gasteiger partial charge in [-0.25, -0.2) is 4.68 Å². The van der Waals surface area contributed by atoms with Gasteiger partial charge in [-0.2, -0.15) is 4.98 Å². The number of carbonyl (C=O) groups is 1. The lowest BCUT2D eigenvalue weighted by atomic mass is 10.1. The minimum absolute atomic E-state index is 0.0879. The molecule has 9 nitrogen and oxygen atoms in total. The molecule has 1 atom stereocenters. The summed E-state index contributed by atoms with van der Waals surface area (Å²) in [4.78, 5) is 21.4. The van der Waals surface area contributed by atoms with E-state index in [1.807, 2.05) is 23.1 Å². The summed E-state index contributed by atoms with van der Waals surface area (Å²) in [7, 11) is 0. The van der Waals surface area contributed by atoms with Crippen LogP contribution in [0.25, 0.3) is 0 Å². The molecule has 1 unspecified atom stereocenters. The van der Waals surface area contributed by atoms with E-state index in [-0.39, 0.29) is 11.9 Å². The SMILES string of the molecule is CCC1CN(c2ccccc2)CCN1C(=O)c1cn(Cc2noc(C)n2)nn1. The van der Waals surface area contributed by atoms with Crippen LogP contribution in [-0.2, 0) is 6.54 Å². The standard InChI is InChI=1S/C19H23N7O2/c1-3-15-11-24(16-7-5-4-6-8-16)9-10-26(15)19(27)17-12-25(23-21-17)13-18-20-14(2)28-22-18/h4-8,12,15H,3,9-11,13H2,1-2H3. The Labute approximate surface area is 162 Å². The van der Waals surface area contributed by atoms with E-state index in [1.165, 1.54) is 5.69 Å². The predicted molar refractivity (Wildman–Crippen MR) is 102 cm³/mol. The third kappa shape index (κ3) is 3.73. The van der Waals surface area contributed by atoms with E-state index in [2.05, 4.69) is 44.4 Å². The highest BCUT2D eigenvalue weighted by Gasteiger charge is 2.31. The van der Waals surface area contributed by atoms with Gasteiger partial charge in [0, 0.05) is 38.3 Å². The van der Waals surface area contributed by atoms with Crippen LogP contribution in [0, 0.1) is 6.92 Å². The van der Waals surface area contributed by atoms with Crippen LogP contribution in [0.15, 0.2) is 41.1 Å². The number of aromatic nitrogens is 5. The number of rotatable bonds is 5. The number of aryl methyl sites for hydroxylation is 1. The van der Waals surface area contributed by atoms with Crippen molar-refractivity contribution in [3.05, 3.63) is 53.9 Å². The number of nitrogens with zero attached hydrogens (tertiary/aromatic N) is 7. The molecule has 0 bridgehead atoms. The van der Waals surface area contributed by atoms with E-state index in [0.29, 0.717) is 30.5 Å². The summed E-state index contributed by atoms with van der Waals surface area (Å²) in [5.74, 6) is 0.910. The molecule has 2 aromatic heterocycles. The molecular weight excluding hydrogens is 358 g/mol. The van der Waals surface area contributed by atoms with Crippen molar-refractivity contribution in [2.75, 3.05) is 24.5 Å². The topological polar surface area (TPSA) is 93.2 Å². The van der Waals surface area contributed by atoms with E-state index < -0.39 is 0 Å². The fourth-order valence-electron chi connectivity index (χ4n) is 3.52. The van der Waals surface area contributed by atoms with Crippen LogP contribution in [-0.4, -0.2) is 61.6 Å². The van der Waals surface area contributed by atoms with Crippen molar-refractivity contribution >= 4 is 11.6 Å². The zero-order valence-electron chi connectivity index (χ0n) is 16.0. The lowest BCUT2D eigenvalue weighted by molar-refractivity contribution is 0.0645. The summed E-state index contributed by atoms with van der Waals surface area (Å²) in [6, 6.07) is 10.4. The van der Waals surface area contributed by atoms with Crippen molar-refractivity contribution in [1.29, 1.82) is 0 Å². The van der Waals surface area contributed by atoms with Crippen LogP contribution in [0.5, 0.6) is 0 Å². The Balaban J connectivity index is 1.44. The molecule has 1 amide bonds. The molecular formula is C19H23N7O2. The molecule has 9 heteroatoms. The van der Waals surface area contributed by atoms with Crippen LogP contribution in [0.2, 0.25) is 0 Å². The average Bonchev–Trinajstić information content (AvgIpc) is 3.37. The van der Waals surface area contributed by atoms with E-state index >= 15 is 0 Å². The molecule has 1 saturated heterocycles. The van der Waals surface area contributed by atoms with Crippen LogP contribution in [0.1, 0.15) is 35.5 Å². The molecule has 4 rings (SSSR count). The Morgan fingerprint density at radius 2 is 2.07 bits per heavy atom. The summed E-state index contributed by atoms with van der Waals surface area (Å²) in [6.45, 7) is 6.41. The number of benzene rings is 1. The number of carbonyl (C=O) groups excluding carboxylic acids is 1. The average molecular weight is 381 g/mol. The van der Waals surface area contributed by atoms with Gasteiger partial charge < -0.3 is 14.3 Å². The second-order valence-electron chi connectivity index (χ2n) is 6.87. The minimum atomic E-state index is -0.0879. The third-order valence-corrected chi connectivity index (χ3v) is 4.97. The number of para-hydroxylation sites is 1. The van der Waals surface area contributed by atoms with Crippen molar-refractivity contribution in [3.63, 3.8) is 0 Å². The van der Waals surface area contributed by atoms with Gasteiger partial charge in [-0.15, -0.1) is 5.10 Å². The normalized spacial score (nSPS) is 17.1.